The number of ketones is 1. The van der Waals surface area contributed by atoms with E-state index in [0.717, 1.165) is 21.3 Å². The third-order valence-electron chi connectivity index (χ3n) is 6.71. The lowest BCUT2D eigenvalue weighted by Gasteiger charge is -2.24. The summed E-state index contributed by atoms with van der Waals surface area (Å²) in [6.45, 7) is 3.75. The van der Waals surface area contributed by atoms with Crippen LogP contribution in [0, 0.1) is 13.8 Å². The third kappa shape index (κ3) is 4.14. The van der Waals surface area contributed by atoms with E-state index in [9.17, 15) is 14.7 Å². The lowest BCUT2D eigenvalue weighted by Crippen LogP contribution is -2.29. The highest BCUT2D eigenvalue weighted by Crippen LogP contribution is 2.45. The molecule has 4 aromatic rings. The summed E-state index contributed by atoms with van der Waals surface area (Å²) in [6, 6.07) is 15.1. The van der Waals surface area contributed by atoms with Crippen molar-refractivity contribution >= 4 is 44.7 Å². The van der Waals surface area contributed by atoms with Crippen LogP contribution in [0.5, 0.6) is 17.2 Å². The van der Waals surface area contributed by atoms with Crippen LogP contribution >= 0.6 is 11.3 Å². The normalized spacial score (nSPS) is 16.8. The van der Waals surface area contributed by atoms with Crippen molar-refractivity contribution in [1.29, 1.82) is 0 Å². The molecule has 0 bridgehead atoms. The van der Waals surface area contributed by atoms with Crippen LogP contribution in [-0.4, -0.2) is 43.1 Å². The standard InChI is InChI=1S/C29H26N2O6S/c1-15-16(2)38-29(30-15)31-25(19-9-11-22(36-4)23(14-19)37-5)24(27(33)28(31)34)26(32)20-7-6-18-13-21(35-3)10-8-17(18)12-20/h6-14,25,32H,1-5H3/b26-24+. The number of hydrogen-bond acceptors (Lipinski definition) is 8. The Hall–Kier alpha value is -4.37. The van der Waals surface area contributed by atoms with E-state index in [-0.39, 0.29) is 11.3 Å². The average molecular weight is 531 g/mol. The van der Waals surface area contributed by atoms with Crippen LogP contribution in [0.2, 0.25) is 0 Å². The van der Waals surface area contributed by atoms with Crippen molar-refractivity contribution in [2.45, 2.75) is 19.9 Å². The number of hydrogen-bond donors (Lipinski definition) is 1. The minimum absolute atomic E-state index is 0.0272. The second-order valence-electron chi connectivity index (χ2n) is 8.85. The van der Waals surface area contributed by atoms with Gasteiger partial charge in [0.1, 0.15) is 11.5 Å². The molecule has 1 fully saturated rings. The van der Waals surface area contributed by atoms with Gasteiger partial charge in [-0.2, -0.15) is 0 Å². The quantitative estimate of drug-likeness (QED) is 0.198. The smallest absolute Gasteiger partial charge is 0.301 e. The minimum Gasteiger partial charge on any atom is -0.507 e. The fourth-order valence-corrected chi connectivity index (χ4v) is 5.52. The summed E-state index contributed by atoms with van der Waals surface area (Å²) < 4.78 is 16.2. The number of thiazole rings is 1. The summed E-state index contributed by atoms with van der Waals surface area (Å²) in [5.74, 6) is -0.176. The number of ether oxygens (including phenoxy) is 3. The molecule has 1 saturated heterocycles. The van der Waals surface area contributed by atoms with Gasteiger partial charge in [-0.15, -0.1) is 11.3 Å². The van der Waals surface area contributed by atoms with Crippen molar-refractivity contribution in [3.05, 3.63) is 81.9 Å². The van der Waals surface area contributed by atoms with Crippen LogP contribution in [0.4, 0.5) is 5.13 Å². The fourth-order valence-electron chi connectivity index (χ4n) is 4.58. The molecule has 5 rings (SSSR count). The number of benzene rings is 3. The maximum absolute atomic E-state index is 13.5. The zero-order chi connectivity index (χ0) is 27.1. The molecule has 1 atom stereocenters. The Bertz CT molecular complexity index is 1600. The molecule has 1 aromatic heterocycles. The molecular formula is C29H26N2O6S. The van der Waals surface area contributed by atoms with Gasteiger partial charge in [-0.25, -0.2) is 4.98 Å². The first kappa shape index (κ1) is 25.3. The Morgan fingerprint density at radius 3 is 2.26 bits per heavy atom. The van der Waals surface area contributed by atoms with E-state index in [1.807, 2.05) is 38.1 Å². The Kier molecular flexibility index (Phi) is 6.54. The summed E-state index contributed by atoms with van der Waals surface area (Å²) >= 11 is 1.32. The molecule has 0 radical (unpaired) electrons. The Morgan fingerprint density at radius 2 is 1.61 bits per heavy atom. The number of carbonyl (C=O) groups excluding carboxylic acids is 2. The predicted octanol–water partition coefficient (Wildman–Crippen LogP) is 5.57. The number of anilines is 1. The minimum atomic E-state index is -0.925. The first-order valence-electron chi connectivity index (χ1n) is 11.8. The number of amides is 1. The number of aliphatic hydroxyl groups excluding tert-OH is 1. The summed E-state index contributed by atoms with van der Waals surface area (Å²) in [7, 11) is 4.64. The molecule has 8 nitrogen and oxygen atoms in total. The molecule has 1 aliphatic heterocycles. The fraction of sp³-hybridized carbons (Fsp3) is 0.207. The van der Waals surface area contributed by atoms with Crippen LogP contribution < -0.4 is 19.1 Å². The van der Waals surface area contributed by atoms with E-state index in [1.165, 1.54) is 30.5 Å². The number of aliphatic hydroxyl groups is 1. The third-order valence-corrected chi connectivity index (χ3v) is 7.78. The zero-order valence-electron chi connectivity index (χ0n) is 21.6. The highest BCUT2D eigenvalue weighted by molar-refractivity contribution is 7.16. The van der Waals surface area contributed by atoms with Crippen molar-refractivity contribution in [3.63, 3.8) is 0 Å². The molecule has 1 aliphatic rings. The van der Waals surface area contributed by atoms with Crippen LogP contribution in [0.1, 0.15) is 27.7 Å². The number of fused-ring (bicyclic) bond motifs is 1. The van der Waals surface area contributed by atoms with Crippen molar-refractivity contribution in [2.75, 3.05) is 26.2 Å². The molecule has 0 saturated carbocycles. The number of rotatable bonds is 6. The molecule has 1 amide bonds. The topological polar surface area (TPSA) is 98.2 Å². The average Bonchev–Trinajstić information content (AvgIpc) is 3.41. The largest absolute Gasteiger partial charge is 0.507 e. The Labute approximate surface area is 223 Å². The first-order valence-corrected chi connectivity index (χ1v) is 12.6. The van der Waals surface area contributed by atoms with Crippen molar-refractivity contribution in [1.82, 2.24) is 4.98 Å². The van der Waals surface area contributed by atoms with E-state index in [4.69, 9.17) is 14.2 Å². The molecular weight excluding hydrogens is 504 g/mol. The highest BCUT2D eigenvalue weighted by Gasteiger charge is 2.48. The van der Waals surface area contributed by atoms with E-state index in [0.29, 0.717) is 33.5 Å². The first-order chi connectivity index (χ1) is 18.3. The number of carbonyl (C=O) groups is 2. The molecule has 9 heteroatoms. The monoisotopic (exact) mass is 530 g/mol. The van der Waals surface area contributed by atoms with Gasteiger partial charge >= 0.3 is 5.91 Å². The molecule has 1 unspecified atom stereocenters. The summed E-state index contributed by atoms with van der Waals surface area (Å²) in [5, 5.41) is 13.7. The van der Waals surface area contributed by atoms with Gasteiger partial charge in [0.15, 0.2) is 16.6 Å². The highest BCUT2D eigenvalue weighted by atomic mass is 32.1. The zero-order valence-corrected chi connectivity index (χ0v) is 22.4. The number of aryl methyl sites for hydroxylation is 2. The van der Waals surface area contributed by atoms with Crippen LogP contribution in [0.3, 0.4) is 0 Å². The van der Waals surface area contributed by atoms with Gasteiger partial charge in [-0.05, 0) is 60.5 Å². The van der Waals surface area contributed by atoms with Crippen LogP contribution in [-0.2, 0) is 9.59 Å². The maximum Gasteiger partial charge on any atom is 0.301 e. The predicted molar refractivity (Wildman–Crippen MR) is 146 cm³/mol. The Balaban J connectivity index is 1.72. The van der Waals surface area contributed by atoms with Gasteiger partial charge in [-0.1, -0.05) is 24.3 Å². The number of Topliss-reactive ketones (excluding diaryl/α,β-unsaturated/α-hetero) is 1. The second kappa shape index (κ2) is 9.83. The van der Waals surface area contributed by atoms with Gasteiger partial charge in [0.2, 0.25) is 0 Å². The van der Waals surface area contributed by atoms with Crippen LogP contribution in [0.15, 0.2) is 60.2 Å². The summed E-state index contributed by atoms with van der Waals surface area (Å²) in [4.78, 5) is 33.8. The maximum atomic E-state index is 13.5. The van der Waals surface area contributed by atoms with Gasteiger partial charge < -0.3 is 19.3 Å². The SMILES string of the molecule is COc1ccc2cc(/C(O)=C3\C(=O)C(=O)N(c4nc(C)c(C)s4)C3c3ccc(OC)c(OC)c3)ccc2c1. The molecule has 38 heavy (non-hydrogen) atoms. The van der Waals surface area contributed by atoms with E-state index >= 15 is 0 Å². The summed E-state index contributed by atoms with van der Waals surface area (Å²) in [6.07, 6.45) is 0. The van der Waals surface area contributed by atoms with Gasteiger partial charge in [-0.3, -0.25) is 14.5 Å². The number of methoxy groups -OCH3 is 3. The molecule has 194 valence electrons. The van der Waals surface area contributed by atoms with Crippen LogP contribution in [0.25, 0.3) is 16.5 Å². The van der Waals surface area contributed by atoms with Gasteiger partial charge in [0.05, 0.1) is 38.6 Å². The molecule has 1 N–H and O–H groups in total. The summed E-state index contributed by atoms with van der Waals surface area (Å²) in [5.41, 5.74) is 1.72. The second-order valence-corrected chi connectivity index (χ2v) is 10.0. The molecule has 2 heterocycles. The molecule has 3 aromatic carbocycles. The van der Waals surface area contributed by atoms with E-state index in [1.54, 1.807) is 37.4 Å². The van der Waals surface area contributed by atoms with Crippen molar-refractivity contribution < 1.29 is 28.9 Å². The van der Waals surface area contributed by atoms with E-state index < -0.39 is 17.7 Å². The lowest BCUT2D eigenvalue weighted by molar-refractivity contribution is -0.132. The number of aromatic nitrogens is 1. The number of nitrogens with zero attached hydrogens (tertiary/aromatic N) is 2. The van der Waals surface area contributed by atoms with Gasteiger partial charge in [0.25, 0.3) is 5.78 Å². The van der Waals surface area contributed by atoms with Crippen molar-refractivity contribution in [2.24, 2.45) is 0 Å². The molecule has 0 aliphatic carbocycles. The molecule has 0 spiro atoms. The van der Waals surface area contributed by atoms with Crippen molar-refractivity contribution in [3.8, 4) is 17.2 Å². The van der Waals surface area contributed by atoms with E-state index in [2.05, 4.69) is 4.98 Å². The Morgan fingerprint density at radius 1 is 0.895 bits per heavy atom. The van der Waals surface area contributed by atoms with Gasteiger partial charge in [0, 0.05) is 10.4 Å². The lowest BCUT2D eigenvalue weighted by atomic mass is 9.94.